The lowest BCUT2D eigenvalue weighted by atomic mass is 10.1. The average molecular weight is 276 g/mol. The van der Waals surface area contributed by atoms with Crippen LogP contribution < -0.4 is 4.72 Å². The van der Waals surface area contributed by atoms with Crippen molar-refractivity contribution in [1.29, 1.82) is 0 Å². The molecule has 1 unspecified atom stereocenters. The minimum atomic E-state index is -3.26. The zero-order valence-electron chi connectivity index (χ0n) is 10.1. The number of nitrogens with one attached hydrogen (secondary N) is 1. The molecule has 1 atom stereocenters. The van der Waals surface area contributed by atoms with Gasteiger partial charge >= 0.3 is 0 Å². The van der Waals surface area contributed by atoms with Crippen molar-refractivity contribution in [2.75, 3.05) is 5.88 Å². The fourth-order valence-electron chi connectivity index (χ4n) is 1.39. The summed E-state index contributed by atoms with van der Waals surface area (Å²) < 4.78 is 26.1. The Balaban J connectivity index is 2.68. The maximum absolute atomic E-state index is 11.7. The van der Waals surface area contributed by atoms with Gasteiger partial charge in [-0.1, -0.05) is 30.3 Å². The second kappa shape index (κ2) is 6.38. The maximum atomic E-state index is 11.7. The van der Waals surface area contributed by atoms with Crippen molar-refractivity contribution < 1.29 is 8.42 Å². The summed E-state index contributed by atoms with van der Waals surface area (Å²) in [5.74, 6) is 0.265. The first-order valence-electron chi connectivity index (χ1n) is 5.56. The zero-order valence-corrected chi connectivity index (χ0v) is 11.6. The molecular formula is C12H18ClNO2S. The lowest BCUT2D eigenvalue weighted by molar-refractivity contribution is 0.552. The topological polar surface area (TPSA) is 46.2 Å². The fraction of sp³-hybridized carbons (Fsp3) is 0.500. The summed E-state index contributed by atoms with van der Waals surface area (Å²) in [4.78, 5) is 0. The fourth-order valence-corrected chi connectivity index (χ4v) is 2.58. The van der Waals surface area contributed by atoms with Gasteiger partial charge in [-0.05, 0) is 25.8 Å². The van der Waals surface area contributed by atoms with Gasteiger partial charge in [-0.3, -0.25) is 0 Å². The van der Waals surface area contributed by atoms with Crippen molar-refractivity contribution in [2.45, 2.75) is 31.6 Å². The molecule has 0 heterocycles. The van der Waals surface area contributed by atoms with Crippen LogP contribution in [0.1, 0.15) is 19.4 Å². The normalized spacial score (nSPS) is 13.9. The highest BCUT2D eigenvalue weighted by atomic mass is 35.5. The van der Waals surface area contributed by atoms with Crippen molar-refractivity contribution in [3.05, 3.63) is 35.9 Å². The van der Waals surface area contributed by atoms with Gasteiger partial charge in [0.2, 0.25) is 10.0 Å². The zero-order chi connectivity index (χ0) is 12.9. The van der Waals surface area contributed by atoms with Crippen LogP contribution in [0.5, 0.6) is 0 Å². The van der Waals surface area contributed by atoms with Crippen LogP contribution in [0.15, 0.2) is 30.3 Å². The Morgan fingerprint density at radius 3 is 2.29 bits per heavy atom. The molecular weight excluding hydrogens is 258 g/mol. The highest BCUT2D eigenvalue weighted by Crippen LogP contribution is 2.07. The molecule has 0 aliphatic carbocycles. The lowest BCUT2D eigenvalue weighted by Gasteiger charge is -2.18. The molecule has 0 aromatic heterocycles. The van der Waals surface area contributed by atoms with E-state index in [4.69, 9.17) is 11.6 Å². The van der Waals surface area contributed by atoms with Crippen LogP contribution in [0.2, 0.25) is 0 Å². The molecule has 0 aliphatic rings. The molecule has 0 saturated heterocycles. The monoisotopic (exact) mass is 275 g/mol. The van der Waals surface area contributed by atoms with Crippen LogP contribution in [0.3, 0.4) is 0 Å². The molecule has 0 spiro atoms. The Morgan fingerprint density at radius 2 is 1.82 bits per heavy atom. The second-order valence-corrected chi connectivity index (χ2v) is 6.83. The largest absolute Gasteiger partial charge is 0.214 e. The molecule has 96 valence electrons. The van der Waals surface area contributed by atoms with E-state index in [1.807, 2.05) is 30.3 Å². The van der Waals surface area contributed by atoms with E-state index in [0.29, 0.717) is 6.42 Å². The molecule has 17 heavy (non-hydrogen) atoms. The van der Waals surface area contributed by atoms with Gasteiger partial charge in [0.25, 0.3) is 0 Å². The van der Waals surface area contributed by atoms with Crippen LogP contribution in [0.25, 0.3) is 0 Å². The van der Waals surface area contributed by atoms with Crippen molar-refractivity contribution in [3.8, 4) is 0 Å². The van der Waals surface area contributed by atoms with Crippen LogP contribution in [-0.4, -0.2) is 25.6 Å². The first-order chi connectivity index (χ1) is 7.95. The first-order valence-corrected chi connectivity index (χ1v) is 7.65. The van der Waals surface area contributed by atoms with Crippen molar-refractivity contribution in [3.63, 3.8) is 0 Å². The van der Waals surface area contributed by atoms with E-state index in [2.05, 4.69) is 4.72 Å². The summed E-state index contributed by atoms with van der Waals surface area (Å²) in [5.41, 5.74) is 1.07. The Labute approximate surface area is 108 Å². The van der Waals surface area contributed by atoms with Gasteiger partial charge in [-0.15, -0.1) is 11.6 Å². The standard InChI is InChI=1S/C12H18ClNO2S/c1-10(2)17(15,16)14-12(9-13)8-11-6-4-3-5-7-11/h3-7,10,12,14H,8-9H2,1-2H3. The number of hydrogen-bond donors (Lipinski definition) is 1. The van der Waals surface area contributed by atoms with Gasteiger partial charge in [0, 0.05) is 11.9 Å². The van der Waals surface area contributed by atoms with E-state index in [1.54, 1.807) is 13.8 Å². The molecule has 1 N–H and O–H groups in total. The van der Waals surface area contributed by atoms with Gasteiger partial charge in [-0.2, -0.15) is 0 Å². The lowest BCUT2D eigenvalue weighted by Crippen LogP contribution is -2.41. The quantitative estimate of drug-likeness (QED) is 0.809. The minimum Gasteiger partial charge on any atom is -0.212 e. The average Bonchev–Trinajstić information content (AvgIpc) is 2.29. The smallest absolute Gasteiger partial charge is 0.212 e. The molecule has 3 nitrogen and oxygen atoms in total. The molecule has 0 fully saturated rings. The Kier molecular flexibility index (Phi) is 5.43. The summed E-state index contributed by atoms with van der Waals surface area (Å²) in [5, 5.41) is -0.441. The Bertz CT molecular complexity index is 431. The summed E-state index contributed by atoms with van der Waals surface area (Å²) >= 11 is 5.80. The third-order valence-corrected chi connectivity index (χ3v) is 4.74. The predicted octanol–water partition coefficient (Wildman–Crippen LogP) is 2.16. The summed E-state index contributed by atoms with van der Waals surface area (Å²) in [7, 11) is -3.26. The van der Waals surface area contributed by atoms with Crippen LogP contribution in [0, 0.1) is 0 Å². The summed E-state index contributed by atoms with van der Waals surface area (Å²) in [6, 6.07) is 9.45. The van der Waals surface area contributed by atoms with E-state index in [0.717, 1.165) is 5.56 Å². The molecule has 0 radical (unpaired) electrons. The van der Waals surface area contributed by atoms with Crippen molar-refractivity contribution in [1.82, 2.24) is 4.72 Å². The van der Waals surface area contributed by atoms with Crippen LogP contribution >= 0.6 is 11.6 Å². The number of rotatable bonds is 6. The molecule has 5 heteroatoms. The number of halogens is 1. The number of sulfonamides is 1. The predicted molar refractivity (Wildman–Crippen MR) is 71.8 cm³/mol. The molecule has 0 bridgehead atoms. The summed E-state index contributed by atoms with van der Waals surface area (Å²) in [6.07, 6.45) is 0.607. The van der Waals surface area contributed by atoms with Crippen LogP contribution in [0.4, 0.5) is 0 Å². The van der Waals surface area contributed by atoms with E-state index >= 15 is 0 Å². The van der Waals surface area contributed by atoms with Crippen LogP contribution in [-0.2, 0) is 16.4 Å². The Hall–Kier alpha value is -0.580. The van der Waals surface area contributed by atoms with Crippen molar-refractivity contribution in [2.24, 2.45) is 0 Å². The molecule has 1 rings (SSSR count). The van der Waals surface area contributed by atoms with Gasteiger partial charge in [0.15, 0.2) is 0 Å². The molecule has 1 aromatic rings. The minimum absolute atomic E-state index is 0.258. The van der Waals surface area contributed by atoms with Gasteiger partial charge < -0.3 is 0 Å². The molecule has 0 saturated carbocycles. The first kappa shape index (κ1) is 14.5. The number of hydrogen-bond acceptors (Lipinski definition) is 2. The van der Waals surface area contributed by atoms with E-state index in [-0.39, 0.29) is 11.9 Å². The highest BCUT2D eigenvalue weighted by molar-refractivity contribution is 7.90. The third-order valence-electron chi connectivity index (χ3n) is 2.46. The Morgan fingerprint density at radius 1 is 1.24 bits per heavy atom. The molecule has 0 amide bonds. The third kappa shape index (κ3) is 4.66. The SMILES string of the molecule is CC(C)S(=O)(=O)NC(CCl)Cc1ccccc1. The summed E-state index contributed by atoms with van der Waals surface area (Å²) in [6.45, 7) is 3.30. The number of alkyl halides is 1. The van der Waals surface area contributed by atoms with Gasteiger partial charge in [0.1, 0.15) is 0 Å². The van der Waals surface area contributed by atoms with Gasteiger partial charge in [0.05, 0.1) is 5.25 Å². The van der Waals surface area contributed by atoms with Gasteiger partial charge in [-0.25, -0.2) is 13.1 Å². The number of benzene rings is 1. The van der Waals surface area contributed by atoms with Crippen molar-refractivity contribution >= 4 is 21.6 Å². The molecule has 0 aliphatic heterocycles. The maximum Gasteiger partial charge on any atom is 0.214 e. The highest BCUT2D eigenvalue weighted by Gasteiger charge is 2.20. The van der Waals surface area contributed by atoms with E-state index < -0.39 is 15.3 Å². The van der Waals surface area contributed by atoms with E-state index in [9.17, 15) is 8.42 Å². The molecule has 1 aromatic carbocycles. The van der Waals surface area contributed by atoms with E-state index in [1.165, 1.54) is 0 Å². The second-order valence-electron chi connectivity index (χ2n) is 4.25.